The van der Waals surface area contributed by atoms with Crippen LogP contribution in [0.15, 0.2) is 23.3 Å². The first kappa shape index (κ1) is 14.3. The summed E-state index contributed by atoms with van der Waals surface area (Å²) in [5.74, 6) is -0.789. The SMILES string of the molecule is C/C1=C\CCC(CO)=C[C@H]2OC(=O)[C@@H](C)[C@@H]2[C@@H](O)C1. The lowest BCUT2D eigenvalue weighted by Crippen LogP contribution is -2.32. The number of hydrogen-bond donors (Lipinski definition) is 2. The minimum absolute atomic E-state index is 0.0296. The molecule has 0 radical (unpaired) electrons. The molecule has 2 N–H and O–H groups in total. The molecule has 1 fully saturated rings. The van der Waals surface area contributed by atoms with Crippen LogP contribution in [-0.4, -0.2) is 35.0 Å². The molecular weight excluding hydrogens is 244 g/mol. The molecule has 106 valence electrons. The second-order valence-corrected chi connectivity index (χ2v) is 5.61. The molecule has 4 atom stereocenters. The molecule has 2 rings (SSSR count). The molecule has 4 nitrogen and oxygen atoms in total. The van der Waals surface area contributed by atoms with E-state index in [1.807, 2.05) is 13.0 Å². The Balaban J connectivity index is 2.31. The first-order valence-corrected chi connectivity index (χ1v) is 6.87. The maximum Gasteiger partial charge on any atom is 0.309 e. The van der Waals surface area contributed by atoms with Crippen LogP contribution < -0.4 is 0 Å². The average Bonchev–Trinajstić information content (AvgIpc) is 2.63. The number of fused-ring (bicyclic) bond motifs is 1. The highest BCUT2D eigenvalue weighted by Crippen LogP contribution is 2.35. The summed E-state index contributed by atoms with van der Waals surface area (Å²) < 4.78 is 5.34. The quantitative estimate of drug-likeness (QED) is 0.558. The molecule has 0 saturated carbocycles. The third-order valence-corrected chi connectivity index (χ3v) is 4.12. The van der Waals surface area contributed by atoms with E-state index in [9.17, 15) is 15.0 Å². The topological polar surface area (TPSA) is 66.8 Å². The molecule has 0 aromatic heterocycles. The average molecular weight is 266 g/mol. The molecule has 0 aromatic rings. The number of carbonyl (C=O) groups is 1. The van der Waals surface area contributed by atoms with Crippen LogP contribution in [0.3, 0.4) is 0 Å². The van der Waals surface area contributed by atoms with E-state index in [2.05, 4.69) is 6.08 Å². The lowest BCUT2D eigenvalue weighted by molar-refractivity contribution is -0.142. The van der Waals surface area contributed by atoms with E-state index in [-0.39, 0.29) is 24.4 Å². The maximum atomic E-state index is 11.7. The van der Waals surface area contributed by atoms with E-state index >= 15 is 0 Å². The standard InChI is InChI=1S/C15H22O4/c1-9-4-3-5-11(8-16)7-13-14(12(17)6-9)10(2)15(18)19-13/h4,7,10,12-14,16-17H,3,5-6,8H2,1-2H3/b9-4+,11-7?/t10-,12-,13+,14+/m0/s1. The van der Waals surface area contributed by atoms with Gasteiger partial charge in [-0.2, -0.15) is 0 Å². The second kappa shape index (κ2) is 5.88. The molecule has 0 aromatic carbocycles. The summed E-state index contributed by atoms with van der Waals surface area (Å²) >= 11 is 0. The van der Waals surface area contributed by atoms with Gasteiger partial charge in [0, 0.05) is 5.92 Å². The maximum absolute atomic E-state index is 11.7. The first-order valence-electron chi connectivity index (χ1n) is 6.87. The Hall–Kier alpha value is -1.13. The van der Waals surface area contributed by atoms with E-state index in [1.54, 1.807) is 6.92 Å². The fraction of sp³-hybridized carbons (Fsp3) is 0.667. The Morgan fingerprint density at radius 2 is 2.21 bits per heavy atom. The largest absolute Gasteiger partial charge is 0.457 e. The Morgan fingerprint density at radius 3 is 2.89 bits per heavy atom. The number of ether oxygens (including phenoxy) is 1. The molecule has 0 amide bonds. The van der Waals surface area contributed by atoms with Gasteiger partial charge < -0.3 is 14.9 Å². The van der Waals surface area contributed by atoms with Crippen molar-refractivity contribution < 1.29 is 19.7 Å². The molecule has 0 spiro atoms. The van der Waals surface area contributed by atoms with Crippen LogP contribution in [0.2, 0.25) is 0 Å². The highest BCUT2D eigenvalue weighted by Gasteiger charge is 2.44. The van der Waals surface area contributed by atoms with Gasteiger partial charge >= 0.3 is 5.97 Å². The molecule has 1 heterocycles. The molecule has 1 aliphatic carbocycles. The van der Waals surface area contributed by atoms with Crippen molar-refractivity contribution in [2.75, 3.05) is 6.61 Å². The summed E-state index contributed by atoms with van der Waals surface area (Å²) in [4.78, 5) is 11.7. The molecule has 2 aliphatic rings. The van der Waals surface area contributed by atoms with Gasteiger partial charge in [0.15, 0.2) is 0 Å². The Labute approximate surface area is 113 Å². The summed E-state index contributed by atoms with van der Waals surface area (Å²) in [6.07, 6.45) is 5.09. The molecular formula is C15H22O4. The van der Waals surface area contributed by atoms with E-state index in [1.165, 1.54) is 0 Å². The van der Waals surface area contributed by atoms with Crippen LogP contribution in [0, 0.1) is 11.8 Å². The highest BCUT2D eigenvalue weighted by atomic mass is 16.6. The summed E-state index contributed by atoms with van der Waals surface area (Å²) in [5, 5.41) is 19.7. The summed E-state index contributed by atoms with van der Waals surface area (Å²) in [6.45, 7) is 3.76. The van der Waals surface area contributed by atoms with Crippen molar-refractivity contribution in [2.24, 2.45) is 11.8 Å². The van der Waals surface area contributed by atoms with E-state index in [4.69, 9.17) is 4.74 Å². The fourth-order valence-corrected chi connectivity index (χ4v) is 2.96. The second-order valence-electron chi connectivity index (χ2n) is 5.61. The monoisotopic (exact) mass is 266 g/mol. The molecule has 4 heteroatoms. The zero-order valence-electron chi connectivity index (χ0n) is 11.5. The van der Waals surface area contributed by atoms with Crippen LogP contribution in [-0.2, 0) is 9.53 Å². The van der Waals surface area contributed by atoms with E-state index < -0.39 is 12.2 Å². The van der Waals surface area contributed by atoms with Gasteiger partial charge in [-0.15, -0.1) is 0 Å². The van der Waals surface area contributed by atoms with Crippen molar-refractivity contribution in [3.63, 3.8) is 0 Å². The smallest absolute Gasteiger partial charge is 0.309 e. The Bertz CT molecular complexity index is 410. The lowest BCUT2D eigenvalue weighted by Gasteiger charge is -2.25. The van der Waals surface area contributed by atoms with Crippen LogP contribution >= 0.6 is 0 Å². The molecule has 1 saturated heterocycles. The van der Waals surface area contributed by atoms with Crippen LogP contribution in [0.4, 0.5) is 0 Å². The number of aliphatic hydroxyl groups is 2. The third kappa shape index (κ3) is 3.07. The first-order chi connectivity index (χ1) is 9.02. The molecule has 0 unspecified atom stereocenters. The van der Waals surface area contributed by atoms with E-state index in [0.717, 1.165) is 24.0 Å². The van der Waals surface area contributed by atoms with Gasteiger partial charge in [0.05, 0.1) is 18.6 Å². The highest BCUT2D eigenvalue weighted by molar-refractivity contribution is 5.75. The Kier molecular flexibility index (Phi) is 4.42. The zero-order valence-corrected chi connectivity index (χ0v) is 11.5. The number of esters is 1. The number of carbonyl (C=O) groups excluding carboxylic acids is 1. The van der Waals surface area contributed by atoms with Crippen LogP contribution in [0.25, 0.3) is 0 Å². The number of rotatable bonds is 1. The van der Waals surface area contributed by atoms with Crippen molar-refractivity contribution >= 4 is 5.97 Å². The third-order valence-electron chi connectivity index (χ3n) is 4.12. The van der Waals surface area contributed by atoms with Crippen molar-refractivity contribution in [1.29, 1.82) is 0 Å². The molecule has 1 aliphatic heterocycles. The van der Waals surface area contributed by atoms with E-state index in [0.29, 0.717) is 6.42 Å². The van der Waals surface area contributed by atoms with Gasteiger partial charge in [-0.25, -0.2) is 0 Å². The van der Waals surface area contributed by atoms with Gasteiger partial charge in [0.2, 0.25) is 0 Å². The minimum Gasteiger partial charge on any atom is -0.457 e. The fourth-order valence-electron chi connectivity index (χ4n) is 2.96. The van der Waals surface area contributed by atoms with Crippen LogP contribution in [0.1, 0.15) is 33.1 Å². The van der Waals surface area contributed by atoms with Crippen LogP contribution in [0.5, 0.6) is 0 Å². The zero-order chi connectivity index (χ0) is 14.0. The van der Waals surface area contributed by atoms with Gasteiger partial charge in [0.25, 0.3) is 0 Å². The molecule has 19 heavy (non-hydrogen) atoms. The van der Waals surface area contributed by atoms with Gasteiger partial charge in [-0.3, -0.25) is 4.79 Å². The predicted octanol–water partition coefficient (Wildman–Crippen LogP) is 1.57. The summed E-state index contributed by atoms with van der Waals surface area (Å²) in [7, 11) is 0. The van der Waals surface area contributed by atoms with Crippen molar-refractivity contribution in [2.45, 2.75) is 45.3 Å². The Morgan fingerprint density at radius 1 is 1.47 bits per heavy atom. The molecule has 0 bridgehead atoms. The number of allylic oxidation sites excluding steroid dienone is 1. The predicted molar refractivity (Wildman–Crippen MR) is 71.3 cm³/mol. The van der Waals surface area contributed by atoms with Crippen molar-refractivity contribution in [3.8, 4) is 0 Å². The lowest BCUT2D eigenvalue weighted by atomic mass is 9.82. The van der Waals surface area contributed by atoms with Crippen molar-refractivity contribution in [3.05, 3.63) is 23.3 Å². The van der Waals surface area contributed by atoms with Gasteiger partial charge in [-0.05, 0) is 37.8 Å². The van der Waals surface area contributed by atoms with Gasteiger partial charge in [-0.1, -0.05) is 18.6 Å². The normalized spacial score (nSPS) is 38.8. The van der Waals surface area contributed by atoms with Gasteiger partial charge in [0.1, 0.15) is 6.10 Å². The number of hydrogen-bond acceptors (Lipinski definition) is 4. The summed E-state index contributed by atoms with van der Waals surface area (Å²) in [6, 6.07) is 0. The van der Waals surface area contributed by atoms with Crippen molar-refractivity contribution in [1.82, 2.24) is 0 Å². The number of aliphatic hydroxyl groups excluding tert-OH is 2. The summed E-state index contributed by atoms with van der Waals surface area (Å²) in [5.41, 5.74) is 1.99. The minimum atomic E-state index is -0.586.